The second kappa shape index (κ2) is 4.52. The lowest BCUT2D eigenvalue weighted by Gasteiger charge is -2.09. The first-order valence-electron chi connectivity index (χ1n) is 5.56. The van der Waals surface area contributed by atoms with E-state index in [9.17, 15) is 13.2 Å². The molecule has 0 bridgehead atoms. The molecule has 0 saturated heterocycles. The molecule has 7 heteroatoms. The number of halogens is 4. The lowest BCUT2D eigenvalue weighted by molar-refractivity contribution is 0.536. The van der Waals surface area contributed by atoms with Crippen LogP contribution in [0.25, 0.3) is 16.7 Å². The Morgan fingerprint density at radius 1 is 1.05 bits per heavy atom. The molecule has 0 unspecified atom stereocenters. The van der Waals surface area contributed by atoms with Crippen LogP contribution in [0.2, 0.25) is 0 Å². The molecule has 0 saturated carbocycles. The molecule has 0 aliphatic heterocycles. The van der Waals surface area contributed by atoms with Gasteiger partial charge in [-0.05, 0) is 18.2 Å². The van der Waals surface area contributed by atoms with Gasteiger partial charge in [0.2, 0.25) is 5.95 Å². The number of fused-ring (bicyclic) bond motifs is 1. The number of hydrogen-bond acceptors (Lipinski definition) is 2. The first-order chi connectivity index (χ1) is 9.47. The van der Waals surface area contributed by atoms with E-state index in [0.29, 0.717) is 27.6 Å². The van der Waals surface area contributed by atoms with Crippen LogP contribution < -0.4 is 5.73 Å². The second-order valence-corrected chi connectivity index (χ2v) is 5.07. The van der Waals surface area contributed by atoms with Crippen molar-refractivity contribution in [3.63, 3.8) is 0 Å². The fraction of sp³-hybridized carbons (Fsp3) is 0. The highest BCUT2D eigenvalue weighted by Gasteiger charge is 2.19. The smallest absolute Gasteiger partial charge is 0.206 e. The number of hydrogen-bond donors (Lipinski definition) is 1. The van der Waals surface area contributed by atoms with Gasteiger partial charge in [-0.1, -0.05) is 15.9 Å². The first-order valence-corrected chi connectivity index (χ1v) is 6.35. The van der Waals surface area contributed by atoms with E-state index in [1.807, 2.05) is 0 Å². The minimum absolute atomic E-state index is 0.0810. The molecule has 3 nitrogen and oxygen atoms in total. The predicted octanol–water partition coefficient (Wildman–Crippen LogP) is 3.79. The molecule has 0 atom stereocenters. The molecule has 1 heterocycles. The van der Waals surface area contributed by atoms with Gasteiger partial charge in [0.25, 0.3) is 0 Å². The Kier molecular flexibility index (Phi) is 2.93. The van der Waals surface area contributed by atoms with Crippen molar-refractivity contribution < 1.29 is 13.2 Å². The molecule has 0 amide bonds. The number of nitrogen functional groups attached to an aromatic ring is 1. The minimum Gasteiger partial charge on any atom is -0.369 e. The standard InChI is InChI=1S/C13H7BrF3N3/c14-6-1-2-10-11(3-6)20(13(18)19-10)12-8(16)4-7(15)5-9(12)17/h1-5H,(H2,18,19). The van der Waals surface area contributed by atoms with Gasteiger partial charge in [0, 0.05) is 16.6 Å². The average Bonchev–Trinajstić information content (AvgIpc) is 2.65. The molecular formula is C13H7BrF3N3. The molecule has 2 N–H and O–H groups in total. The van der Waals surface area contributed by atoms with E-state index in [-0.39, 0.29) is 5.95 Å². The van der Waals surface area contributed by atoms with Crippen LogP contribution in [0, 0.1) is 17.5 Å². The second-order valence-electron chi connectivity index (χ2n) is 4.16. The number of aromatic nitrogens is 2. The van der Waals surface area contributed by atoms with Crippen molar-refractivity contribution in [2.45, 2.75) is 0 Å². The SMILES string of the molecule is Nc1nc2ccc(Br)cc2n1-c1c(F)cc(F)cc1F. The highest BCUT2D eigenvalue weighted by Crippen LogP contribution is 2.29. The zero-order valence-electron chi connectivity index (χ0n) is 9.87. The van der Waals surface area contributed by atoms with Crippen LogP contribution >= 0.6 is 15.9 Å². The van der Waals surface area contributed by atoms with Crippen molar-refractivity contribution in [1.82, 2.24) is 9.55 Å². The number of rotatable bonds is 1. The van der Waals surface area contributed by atoms with Crippen LogP contribution in [0.4, 0.5) is 19.1 Å². The van der Waals surface area contributed by atoms with Gasteiger partial charge in [-0.2, -0.15) is 0 Å². The lowest BCUT2D eigenvalue weighted by atomic mass is 10.2. The summed E-state index contributed by atoms with van der Waals surface area (Å²) in [5, 5.41) is 0. The number of nitrogens with two attached hydrogens (primary N) is 1. The molecule has 3 aromatic rings. The summed E-state index contributed by atoms with van der Waals surface area (Å²) >= 11 is 3.27. The van der Waals surface area contributed by atoms with Gasteiger partial charge in [0.05, 0.1) is 11.0 Å². The van der Waals surface area contributed by atoms with Gasteiger partial charge >= 0.3 is 0 Å². The number of imidazole rings is 1. The number of nitrogens with zero attached hydrogens (tertiary/aromatic N) is 2. The third kappa shape index (κ3) is 1.94. The number of anilines is 1. The maximum absolute atomic E-state index is 13.9. The van der Waals surface area contributed by atoms with Crippen LogP contribution in [-0.2, 0) is 0 Å². The molecule has 0 aliphatic rings. The van der Waals surface area contributed by atoms with E-state index in [4.69, 9.17) is 5.73 Å². The van der Waals surface area contributed by atoms with E-state index in [2.05, 4.69) is 20.9 Å². The Balaban J connectivity index is 2.40. The van der Waals surface area contributed by atoms with E-state index in [1.165, 1.54) is 0 Å². The highest BCUT2D eigenvalue weighted by molar-refractivity contribution is 9.10. The van der Waals surface area contributed by atoms with Crippen molar-refractivity contribution in [2.75, 3.05) is 5.73 Å². The molecular weight excluding hydrogens is 335 g/mol. The summed E-state index contributed by atoms with van der Waals surface area (Å²) in [5.74, 6) is -3.17. The Morgan fingerprint density at radius 3 is 2.35 bits per heavy atom. The van der Waals surface area contributed by atoms with Crippen molar-refractivity contribution in [2.24, 2.45) is 0 Å². The molecule has 0 spiro atoms. The summed E-state index contributed by atoms with van der Waals surface area (Å²) in [7, 11) is 0. The summed E-state index contributed by atoms with van der Waals surface area (Å²) in [6, 6.07) is 6.21. The van der Waals surface area contributed by atoms with E-state index in [1.54, 1.807) is 18.2 Å². The monoisotopic (exact) mass is 341 g/mol. The lowest BCUT2D eigenvalue weighted by Crippen LogP contribution is -2.06. The van der Waals surface area contributed by atoms with E-state index in [0.717, 1.165) is 4.57 Å². The van der Waals surface area contributed by atoms with Gasteiger partial charge in [-0.25, -0.2) is 18.2 Å². The Bertz CT molecular complexity index is 806. The van der Waals surface area contributed by atoms with Crippen molar-refractivity contribution in [3.8, 4) is 5.69 Å². The Hall–Kier alpha value is -2.02. The summed E-state index contributed by atoms with van der Waals surface area (Å²) in [5.41, 5.74) is 6.16. The number of benzene rings is 2. The molecule has 102 valence electrons. The Morgan fingerprint density at radius 2 is 1.70 bits per heavy atom. The van der Waals surface area contributed by atoms with Crippen molar-refractivity contribution in [1.29, 1.82) is 0 Å². The van der Waals surface area contributed by atoms with E-state index < -0.39 is 23.1 Å². The van der Waals surface area contributed by atoms with Crippen LogP contribution in [0.15, 0.2) is 34.8 Å². The largest absolute Gasteiger partial charge is 0.369 e. The Labute approximate surface area is 120 Å². The third-order valence-corrected chi connectivity index (χ3v) is 3.34. The van der Waals surface area contributed by atoms with E-state index >= 15 is 0 Å². The van der Waals surface area contributed by atoms with Crippen molar-refractivity contribution in [3.05, 3.63) is 52.3 Å². The minimum atomic E-state index is -1.05. The summed E-state index contributed by atoms with van der Waals surface area (Å²) in [6.07, 6.45) is 0. The summed E-state index contributed by atoms with van der Waals surface area (Å²) < 4.78 is 42.6. The van der Waals surface area contributed by atoms with Crippen LogP contribution in [0.1, 0.15) is 0 Å². The molecule has 1 aromatic heterocycles. The molecule has 3 rings (SSSR count). The van der Waals surface area contributed by atoms with Gasteiger partial charge in [0.1, 0.15) is 11.5 Å². The predicted molar refractivity (Wildman–Crippen MR) is 73.1 cm³/mol. The maximum atomic E-state index is 13.9. The fourth-order valence-electron chi connectivity index (χ4n) is 2.05. The summed E-state index contributed by atoms with van der Waals surface area (Å²) in [6.45, 7) is 0. The fourth-order valence-corrected chi connectivity index (χ4v) is 2.40. The molecule has 2 aromatic carbocycles. The third-order valence-electron chi connectivity index (χ3n) is 2.85. The van der Waals surface area contributed by atoms with Crippen LogP contribution in [0.5, 0.6) is 0 Å². The molecule has 0 radical (unpaired) electrons. The average molecular weight is 342 g/mol. The van der Waals surface area contributed by atoms with Crippen LogP contribution in [0.3, 0.4) is 0 Å². The van der Waals surface area contributed by atoms with Gasteiger partial charge in [-0.3, -0.25) is 4.57 Å². The maximum Gasteiger partial charge on any atom is 0.206 e. The van der Waals surface area contributed by atoms with Gasteiger partial charge in [0.15, 0.2) is 11.6 Å². The zero-order chi connectivity index (χ0) is 14.4. The van der Waals surface area contributed by atoms with Gasteiger partial charge in [-0.15, -0.1) is 0 Å². The molecule has 20 heavy (non-hydrogen) atoms. The van der Waals surface area contributed by atoms with Crippen LogP contribution in [-0.4, -0.2) is 9.55 Å². The van der Waals surface area contributed by atoms with Crippen molar-refractivity contribution >= 4 is 32.9 Å². The normalized spacial score (nSPS) is 11.2. The first kappa shape index (κ1) is 13.0. The molecule has 0 aliphatic carbocycles. The summed E-state index contributed by atoms with van der Waals surface area (Å²) in [4.78, 5) is 4.03. The van der Waals surface area contributed by atoms with Gasteiger partial charge < -0.3 is 5.73 Å². The molecule has 0 fully saturated rings. The topological polar surface area (TPSA) is 43.8 Å². The quantitative estimate of drug-likeness (QED) is 0.731. The highest BCUT2D eigenvalue weighted by atomic mass is 79.9. The zero-order valence-corrected chi connectivity index (χ0v) is 11.5.